The van der Waals surface area contributed by atoms with Crippen molar-refractivity contribution in [2.45, 2.75) is 0 Å². The van der Waals surface area contributed by atoms with Crippen LogP contribution < -0.4 is 0 Å². The van der Waals surface area contributed by atoms with Crippen molar-refractivity contribution in [3.8, 4) is 5.82 Å². The molecule has 0 spiro atoms. The Morgan fingerprint density at radius 2 is 2.17 bits per heavy atom. The second kappa shape index (κ2) is 4.22. The maximum Gasteiger partial charge on any atom is 0.0535 e. The van der Waals surface area contributed by atoms with E-state index in [9.17, 15) is 0 Å². The maximum atomic E-state index is 4.15. The molecule has 0 saturated heterocycles. The van der Waals surface area contributed by atoms with E-state index < -0.39 is 0 Å². The first-order valence-corrected chi connectivity index (χ1v) is 3.43. The van der Waals surface area contributed by atoms with E-state index in [2.05, 4.69) is 11.2 Å². The topological polar surface area (TPSA) is 17.8 Å². The maximum absolute atomic E-state index is 4.15. The van der Waals surface area contributed by atoms with E-state index >= 15 is 0 Å². The van der Waals surface area contributed by atoms with Crippen molar-refractivity contribution in [3.05, 3.63) is 48.9 Å². The van der Waals surface area contributed by atoms with E-state index in [1.54, 1.807) is 6.20 Å². The van der Waals surface area contributed by atoms with Crippen LogP contribution in [0.5, 0.6) is 0 Å². The molecule has 2 rings (SSSR count). The summed E-state index contributed by atoms with van der Waals surface area (Å²) in [6.07, 6.45) is 6.69. The molecule has 64 valence electrons. The molecule has 0 aliphatic carbocycles. The molecule has 0 radical (unpaired) electrons. The van der Waals surface area contributed by atoms with Crippen LogP contribution >= 0.6 is 0 Å². The van der Waals surface area contributed by atoms with Crippen molar-refractivity contribution in [1.29, 1.82) is 0 Å². The van der Waals surface area contributed by atoms with Gasteiger partial charge in [0.2, 0.25) is 0 Å². The molecule has 2 heterocycles. The number of nitrogens with zero attached hydrogens (tertiary/aromatic N) is 2. The summed E-state index contributed by atoms with van der Waals surface area (Å²) < 4.78 is 1.85. The zero-order chi connectivity index (χ0) is 7.52. The van der Waals surface area contributed by atoms with Crippen LogP contribution in [0.25, 0.3) is 5.82 Å². The molecule has 0 amide bonds. The SMILES string of the molecule is [Pt].[c-]1cccn1-c1ccccn1. The first kappa shape index (κ1) is 9.21. The van der Waals surface area contributed by atoms with Gasteiger partial charge >= 0.3 is 0 Å². The summed E-state index contributed by atoms with van der Waals surface area (Å²) in [5.41, 5.74) is 0. The van der Waals surface area contributed by atoms with Gasteiger partial charge in [-0.2, -0.15) is 6.07 Å². The van der Waals surface area contributed by atoms with Gasteiger partial charge in [-0.3, -0.25) is 4.98 Å². The fourth-order valence-electron chi connectivity index (χ4n) is 0.934. The normalized spacial score (nSPS) is 9.00. The zero-order valence-corrected chi connectivity index (χ0v) is 8.52. The van der Waals surface area contributed by atoms with Gasteiger partial charge in [-0.1, -0.05) is 18.3 Å². The van der Waals surface area contributed by atoms with Crippen LogP contribution in [0.4, 0.5) is 0 Å². The molecular formula is C9H7N2Pt-. The summed E-state index contributed by atoms with van der Waals surface area (Å²) in [7, 11) is 0. The summed E-state index contributed by atoms with van der Waals surface area (Å²) in [6.45, 7) is 0. The van der Waals surface area contributed by atoms with Crippen LogP contribution in [-0.4, -0.2) is 9.55 Å². The van der Waals surface area contributed by atoms with Gasteiger partial charge < -0.3 is 4.57 Å². The fourth-order valence-corrected chi connectivity index (χ4v) is 0.934. The molecule has 0 aliphatic heterocycles. The van der Waals surface area contributed by atoms with Gasteiger partial charge in [-0.25, -0.2) is 0 Å². The van der Waals surface area contributed by atoms with E-state index in [4.69, 9.17) is 0 Å². The molecule has 0 N–H and O–H groups in total. The van der Waals surface area contributed by atoms with Crippen LogP contribution in [0.2, 0.25) is 0 Å². The third kappa shape index (κ3) is 1.83. The van der Waals surface area contributed by atoms with Gasteiger partial charge in [-0.15, -0.1) is 12.3 Å². The number of rotatable bonds is 1. The molecule has 0 saturated carbocycles. The molecule has 3 heteroatoms. The monoisotopic (exact) mass is 338 g/mol. The van der Waals surface area contributed by atoms with Crippen molar-refractivity contribution < 1.29 is 21.1 Å². The number of hydrogen-bond acceptors (Lipinski definition) is 1. The minimum absolute atomic E-state index is 0. The van der Waals surface area contributed by atoms with Crippen molar-refractivity contribution in [3.63, 3.8) is 0 Å². The standard InChI is InChI=1S/C9H7N2.Pt/c1-2-6-10-9(5-1)11-7-3-4-8-11;/h1-7H;/q-1;. The summed E-state index contributed by atoms with van der Waals surface area (Å²) >= 11 is 0. The van der Waals surface area contributed by atoms with Crippen molar-refractivity contribution >= 4 is 0 Å². The van der Waals surface area contributed by atoms with Crippen molar-refractivity contribution in [2.75, 3.05) is 0 Å². The first-order valence-electron chi connectivity index (χ1n) is 3.43. The van der Waals surface area contributed by atoms with E-state index in [0.717, 1.165) is 5.82 Å². The van der Waals surface area contributed by atoms with Gasteiger partial charge in [0.05, 0.1) is 5.82 Å². The van der Waals surface area contributed by atoms with E-state index in [1.807, 2.05) is 41.1 Å². The molecule has 0 aliphatic rings. The largest absolute Gasteiger partial charge is 0.436 e. The summed E-state index contributed by atoms with van der Waals surface area (Å²) in [5, 5.41) is 0. The Labute approximate surface area is 85.5 Å². The Morgan fingerprint density at radius 3 is 2.75 bits per heavy atom. The van der Waals surface area contributed by atoms with Crippen LogP contribution in [0.1, 0.15) is 0 Å². The Bertz CT molecular complexity index is 316. The second-order valence-corrected chi connectivity index (χ2v) is 2.20. The minimum Gasteiger partial charge on any atom is -0.436 e. The van der Waals surface area contributed by atoms with Crippen LogP contribution in [-0.2, 0) is 21.1 Å². The smallest absolute Gasteiger partial charge is 0.0535 e. The van der Waals surface area contributed by atoms with Crippen molar-refractivity contribution in [1.82, 2.24) is 9.55 Å². The minimum atomic E-state index is 0. The number of pyridine rings is 1. The molecule has 0 unspecified atom stereocenters. The fraction of sp³-hybridized carbons (Fsp3) is 0. The predicted molar refractivity (Wildman–Crippen MR) is 42.4 cm³/mol. The molecular weight excluding hydrogens is 331 g/mol. The summed E-state index contributed by atoms with van der Waals surface area (Å²) in [5.74, 6) is 0.900. The Morgan fingerprint density at radius 1 is 1.25 bits per heavy atom. The second-order valence-electron chi connectivity index (χ2n) is 2.20. The molecule has 2 nitrogen and oxygen atoms in total. The average Bonchev–Trinajstić information content (AvgIpc) is 2.58. The average molecular weight is 338 g/mol. The van der Waals surface area contributed by atoms with Gasteiger partial charge in [-0.05, 0) is 6.07 Å². The third-order valence-corrected chi connectivity index (χ3v) is 1.44. The van der Waals surface area contributed by atoms with Gasteiger partial charge in [0.25, 0.3) is 0 Å². The first-order chi connectivity index (χ1) is 5.47. The Hall–Kier alpha value is -0.882. The molecule has 0 fully saturated rings. The van der Waals surface area contributed by atoms with Crippen LogP contribution in [0.3, 0.4) is 0 Å². The van der Waals surface area contributed by atoms with Gasteiger partial charge in [0.15, 0.2) is 0 Å². The zero-order valence-electron chi connectivity index (χ0n) is 6.25. The summed E-state index contributed by atoms with van der Waals surface area (Å²) in [6, 6.07) is 9.57. The van der Waals surface area contributed by atoms with E-state index in [0.29, 0.717) is 0 Å². The molecule has 0 aromatic carbocycles. The van der Waals surface area contributed by atoms with E-state index in [-0.39, 0.29) is 21.1 Å². The molecule has 2 aromatic rings. The quantitative estimate of drug-likeness (QED) is 0.724. The van der Waals surface area contributed by atoms with Crippen molar-refractivity contribution in [2.24, 2.45) is 0 Å². The molecule has 2 aromatic heterocycles. The molecule has 0 bridgehead atoms. The Balaban J connectivity index is 0.000000720. The van der Waals surface area contributed by atoms with E-state index in [1.165, 1.54) is 0 Å². The van der Waals surface area contributed by atoms with Gasteiger partial charge in [0, 0.05) is 27.3 Å². The van der Waals surface area contributed by atoms with Gasteiger partial charge in [0.1, 0.15) is 0 Å². The third-order valence-electron chi connectivity index (χ3n) is 1.44. The number of hydrogen-bond donors (Lipinski definition) is 0. The van der Waals surface area contributed by atoms with Crippen LogP contribution in [0, 0.1) is 6.20 Å². The Kier molecular flexibility index (Phi) is 3.24. The summed E-state index contributed by atoms with van der Waals surface area (Å²) in [4.78, 5) is 4.15. The van der Waals surface area contributed by atoms with Crippen LogP contribution in [0.15, 0.2) is 42.7 Å². The molecule has 12 heavy (non-hydrogen) atoms. The predicted octanol–water partition coefficient (Wildman–Crippen LogP) is 1.67. The molecule has 0 atom stereocenters. The number of aromatic nitrogens is 2.